The summed E-state index contributed by atoms with van der Waals surface area (Å²) in [6.07, 6.45) is 1.44. The minimum Gasteiger partial charge on any atom is -0.494 e. The van der Waals surface area contributed by atoms with Crippen molar-refractivity contribution in [1.29, 1.82) is 0 Å². The van der Waals surface area contributed by atoms with Crippen LogP contribution in [0.1, 0.15) is 6.42 Å². The molecule has 2 N–H and O–H groups in total. The van der Waals surface area contributed by atoms with Gasteiger partial charge in [-0.3, -0.25) is 14.3 Å². The Labute approximate surface area is 177 Å². The molecule has 2 aromatic carbocycles. The van der Waals surface area contributed by atoms with Crippen molar-refractivity contribution in [3.05, 3.63) is 46.9 Å². The summed E-state index contributed by atoms with van der Waals surface area (Å²) in [5.41, 5.74) is 1.39. The molecule has 0 bridgehead atoms. The van der Waals surface area contributed by atoms with E-state index in [9.17, 15) is 18.0 Å². The van der Waals surface area contributed by atoms with E-state index in [4.69, 9.17) is 4.74 Å². The van der Waals surface area contributed by atoms with E-state index in [2.05, 4.69) is 26.0 Å². The number of methoxy groups -OCH3 is 1. The number of hydrogen-bond donors (Lipinski definition) is 2. The first kappa shape index (κ1) is 21.1. The average molecular weight is 482 g/mol. The molecule has 2 amide bonds. The minimum absolute atomic E-state index is 0.252. The van der Waals surface area contributed by atoms with Gasteiger partial charge in [-0.1, -0.05) is 22.0 Å². The standard InChI is InChI=1S/C19H20BrN3O5S/c1-28-17-11-13(6-7-16(17)22-29(2,26)27)21-18(24)15-8-9-23(19(15)25)14-5-3-4-12(20)10-14/h3-7,10-11,15,22H,8-9H2,1-2H3,(H,21,24). The fraction of sp³-hybridized carbons (Fsp3) is 0.263. The molecule has 1 unspecified atom stereocenters. The second-order valence-corrected chi connectivity index (χ2v) is 9.25. The monoisotopic (exact) mass is 481 g/mol. The molecule has 1 aliphatic heterocycles. The largest absolute Gasteiger partial charge is 0.494 e. The molecule has 0 spiro atoms. The Kier molecular flexibility index (Phi) is 6.13. The van der Waals surface area contributed by atoms with E-state index >= 15 is 0 Å². The van der Waals surface area contributed by atoms with Crippen molar-refractivity contribution >= 4 is 54.8 Å². The highest BCUT2D eigenvalue weighted by Crippen LogP contribution is 2.31. The number of rotatable bonds is 6. The van der Waals surface area contributed by atoms with Crippen molar-refractivity contribution in [3.8, 4) is 5.75 Å². The van der Waals surface area contributed by atoms with E-state index in [0.29, 0.717) is 18.7 Å². The number of carbonyl (C=O) groups is 2. The Morgan fingerprint density at radius 1 is 1.24 bits per heavy atom. The van der Waals surface area contributed by atoms with Crippen LogP contribution in [0.25, 0.3) is 0 Å². The van der Waals surface area contributed by atoms with E-state index in [-0.39, 0.29) is 17.3 Å². The molecule has 0 radical (unpaired) electrons. The summed E-state index contributed by atoms with van der Waals surface area (Å²) in [5.74, 6) is -1.23. The average Bonchev–Trinajstić information content (AvgIpc) is 3.03. The highest BCUT2D eigenvalue weighted by atomic mass is 79.9. The van der Waals surface area contributed by atoms with Crippen molar-refractivity contribution in [2.45, 2.75) is 6.42 Å². The minimum atomic E-state index is -3.47. The normalized spacial score (nSPS) is 16.6. The molecule has 1 saturated heterocycles. The van der Waals surface area contributed by atoms with Crippen molar-refractivity contribution in [2.75, 3.05) is 34.8 Å². The molecule has 3 rings (SSSR count). The maximum Gasteiger partial charge on any atom is 0.239 e. The van der Waals surface area contributed by atoms with Gasteiger partial charge in [0.15, 0.2) is 0 Å². The summed E-state index contributed by atoms with van der Waals surface area (Å²) in [7, 11) is -2.08. The lowest BCUT2D eigenvalue weighted by molar-refractivity contribution is -0.129. The van der Waals surface area contributed by atoms with Gasteiger partial charge in [-0.15, -0.1) is 0 Å². The number of hydrogen-bond acceptors (Lipinski definition) is 5. The van der Waals surface area contributed by atoms with Crippen molar-refractivity contribution in [1.82, 2.24) is 0 Å². The van der Waals surface area contributed by atoms with E-state index in [1.165, 1.54) is 19.2 Å². The number of benzene rings is 2. The van der Waals surface area contributed by atoms with Crippen LogP contribution in [0.2, 0.25) is 0 Å². The van der Waals surface area contributed by atoms with Crippen molar-refractivity contribution in [3.63, 3.8) is 0 Å². The topological polar surface area (TPSA) is 105 Å². The van der Waals surface area contributed by atoms with Crippen LogP contribution in [0.3, 0.4) is 0 Å². The van der Waals surface area contributed by atoms with Crippen LogP contribution in [0.4, 0.5) is 17.1 Å². The summed E-state index contributed by atoms with van der Waals surface area (Å²) in [6, 6.07) is 11.9. The second-order valence-electron chi connectivity index (χ2n) is 6.59. The summed E-state index contributed by atoms with van der Waals surface area (Å²) in [4.78, 5) is 27.0. The van der Waals surface area contributed by atoms with Crippen LogP contribution in [0.5, 0.6) is 5.75 Å². The van der Waals surface area contributed by atoms with Crippen molar-refractivity contribution in [2.24, 2.45) is 5.92 Å². The molecule has 8 nitrogen and oxygen atoms in total. The predicted molar refractivity (Wildman–Crippen MR) is 115 cm³/mol. The maximum absolute atomic E-state index is 12.7. The predicted octanol–water partition coefficient (Wildman–Crippen LogP) is 2.82. The summed E-state index contributed by atoms with van der Waals surface area (Å²) in [5, 5.41) is 2.71. The Hall–Kier alpha value is -2.59. The molecule has 1 aliphatic rings. The SMILES string of the molecule is COc1cc(NC(=O)C2CCN(c3cccc(Br)c3)C2=O)ccc1NS(C)(=O)=O. The number of sulfonamides is 1. The van der Waals surface area contributed by atoms with Crippen LogP contribution in [0.15, 0.2) is 46.9 Å². The fourth-order valence-corrected chi connectivity index (χ4v) is 4.06. The third-order valence-electron chi connectivity index (χ3n) is 4.41. The Balaban J connectivity index is 1.73. The number of nitrogens with zero attached hydrogens (tertiary/aromatic N) is 1. The fourth-order valence-electron chi connectivity index (χ4n) is 3.11. The second kappa shape index (κ2) is 8.42. The molecular weight excluding hydrogens is 462 g/mol. The van der Waals surface area contributed by atoms with E-state index in [1.54, 1.807) is 11.0 Å². The quantitative estimate of drug-likeness (QED) is 0.617. The highest BCUT2D eigenvalue weighted by Gasteiger charge is 2.37. The van der Waals surface area contributed by atoms with Gasteiger partial charge in [0, 0.05) is 28.5 Å². The number of carbonyl (C=O) groups excluding carboxylic acids is 2. The maximum atomic E-state index is 12.7. The first-order chi connectivity index (χ1) is 13.7. The highest BCUT2D eigenvalue weighted by molar-refractivity contribution is 9.10. The number of ether oxygens (including phenoxy) is 1. The van der Waals surface area contributed by atoms with Gasteiger partial charge in [0.25, 0.3) is 0 Å². The van der Waals surface area contributed by atoms with Gasteiger partial charge in [-0.2, -0.15) is 0 Å². The Morgan fingerprint density at radius 2 is 2.00 bits per heavy atom. The zero-order chi connectivity index (χ0) is 21.2. The molecule has 0 saturated carbocycles. The van der Waals surface area contributed by atoms with Crippen LogP contribution in [-0.2, 0) is 19.6 Å². The first-order valence-electron chi connectivity index (χ1n) is 8.71. The third-order valence-corrected chi connectivity index (χ3v) is 5.49. The number of amides is 2. The van der Waals surface area contributed by atoms with Crippen LogP contribution in [-0.4, -0.2) is 40.1 Å². The van der Waals surface area contributed by atoms with Crippen LogP contribution >= 0.6 is 15.9 Å². The van der Waals surface area contributed by atoms with Gasteiger partial charge in [-0.05, 0) is 36.8 Å². The lowest BCUT2D eigenvalue weighted by Crippen LogP contribution is -2.33. The summed E-state index contributed by atoms with van der Waals surface area (Å²) in [6.45, 7) is 0.452. The van der Waals surface area contributed by atoms with Gasteiger partial charge >= 0.3 is 0 Å². The number of halogens is 1. The number of anilines is 3. The molecule has 0 aliphatic carbocycles. The van der Waals surface area contributed by atoms with Crippen molar-refractivity contribution < 1.29 is 22.7 Å². The lowest BCUT2D eigenvalue weighted by atomic mass is 10.1. The Bertz CT molecular complexity index is 1060. The molecule has 2 aromatic rings. The zero-order valence-corrected chi connectivity index (χ0v) is 18.2. The molecule has 29 heavy (non-hydrogen) atoms. The zero-order valence-electron chi connectivity index (χ0n) is 15.8. The van der Waals surface area contributed by atoms with Crippen LogP contribution < -0.4 is 19.7 Å². The summed E-state index contributed by atoms with van der Waals surface area (Å²) < 4.78 is 31.2. The van der Waals surface area contributed by atoms with Crippen LogP contribution in [0, 0.1) is 5.92 Å². The van der Waals surface area contributed by atoms with Gasteiger partial charge in [0.2, 0.25) is 21.8 Å². The van der Waals surface area contributed by atoms with Gasteiger partial charge in [0.05, 0.1) is 19.1 Å². The molecule has 1 heterocycles. The first-order valence-corrected chi connectivity index (χ1v) is 11.4. The van der Waals surface area contributed by atoms with E-state index in [1.807, 2.05) is 24.3 Å². The molecule has 1 fully saturated rings. The summed E-state index contributed by atoms with van der Waals surface area (Å²) >= 11 is 3.38. The molecule has 0 aromatic heterocycles. The molecule has 154 valence electrons. The molecule has 10 heteroatoms. The van der Waals surface area contributed by atoms with Gasteiger partial charge in [-0.25, -0.2) is 8.42 Å². The lowest BCUT2D eigenvalue weighted by Gasteiger charge is -2.17. The Morgan fingerprint density at radius 3 is 2.66 bits per heavy atom. The van der Waals surface area contributed by atoms with Gasteiger partial charge < -0.3 is 15.0 Å². The third kappa shape index (κ3) is 5.07. The number of nitrogens with one attached hydrogen (secondary N) is 2. The molecule has 1 atom stereocenters. The van der Waals surface area contributed by atoms with E-state index < -0.39 is 21.8 Å². The van der Waals surface area contributed by atoms with Gasteiger partial charge in [0.1, 0.15) is 11.7 Å². The smallest absolute Gasteiger partial charge is 0.239 e. The molecular formula is C19H20BrN3O5S. The van der Waals surface area contributed by atoms with E-state index in [0.717, 1.165) is 16.4 Å².